The Balaban J connectivity index is 1.81. The van der Waals surface area contributed by atoms with Gasteiger partial charge in [0, 0.05) is 29.2 Å². The number of nitrogens with zero attached hydrogens (tertiary/aromatic N) is 3. The summed E-state index contributed by atoms with van der Waals surface area (Å²) in [7, 11) is 0. The third-order valence-electron chi connectivity index (χ3n) is 4.80. The fourth-order valence-electron chi connectivity index (χ4n) is 3.73. The van der Waals surface area contributed by atoms with Crippen LogP contribution in [0.4, 0.5) is 10.3 Å². The van der Waals surface area contributed by atoms with Crippen molar-refractivity contribution in [1.29, 1.82) is 5.41 Å². The van der Waals surface area contributed by atoms with Gasteiger partial charge in [0.15, 0.2) is 0 Å². The van der Waals surface area contributed by atoms with Gasteiger partial charge in [0.1, 0.15) is 5.82 Å². The Morgan fingerprint density at radius 1 is 1.19 bits per heavy atom. The van der Waals surface area contributed by atoms with E-state index in [2.05, 4.69) is 15.0 Å². The second-order valence-corrected chi connectivity index (χ2v) is 6.55. The molecule has 0 radical (unpaired) electrons. The zero-order chi connectivity index (χ0) is 18.3. The van der Waals surface area contributed by atoms with Gasteiger partial charge >= 0.3 is 0 Å². The second kappa shape index (κ2) is 6.29. The summed E-state index contributed by atoms with van der Waals surface area (Å²) >= 11 is 0. The van der Waals surface area contributed by atoms with Crippen LogP contribution in [0.5, 0.6) is 0 Å². The lowest BCUT2D eigenvalue weighted by atomic mass is 9.78. The van der Waals surface area contributed by atoms with Crippen LogP contribution < -0.4 is 5.73 Å². The first kappa shape index (κ1) is 16.3. The van der Waals surface area contributed by atoms with Crippen molar-refractivity contribution in [3.63, 3.8) is 0 Å². The highest BCUT2D eigenvalue weighted by molar-refractivity contribution is 6.01. The highest BCUT2D eigenvalue weighted by Gasteiger charge is 2.29. The van der Waals surface area contributed by atoms with Gasteiger partial charge in [-0.1, -0.05) is 12.1 Å². The van der Waals surface area contributed by atoms with E-state index in [0.29, 0.717) is 18.6 Å². The van der Waals surface area contributed by atoms with Crippen molar-refractivity contribution in [1.82, 2.24) is 15.0 Å². The summed E-state index contributed by atoms with van der Waals surface area (Å²) in [6.45, 7) is 1.85. The molecule has 1 atom stereocenters. The van der Waals surface area contributed by atoms with Crippen LogP contribution in [0.25, 0.3) is 11.1 Å². The van der Waals surface area contributed by atoms with Gasteiger partial charge in [0.25, 0.3) is 0 Å². The second-order valence-electron chi connectivity index (χ2n) is 6.55. The number of nitrogens with one attached hydrogen (secondary N) is 1. The third-order valence-corrected chi connectivity index (χ3v) is 4.80. The first-order valence-electron chi connectivity index (χ1n) is 8.43. The van der Waals surface area contributed by atoms with Gasteiger partial charge in [-0.2, -0.15) is 0 Å². The summed E-state index contributed by atoms with van der Waals surface area (Å²) in [6.07, 6.45) is 4.62. The first-order chi connectivity index (χ1) is 12.5. The largest absolute Gasteiger partial charge is 0.368 e. The molecular weight excluding hydrogens is 329 g/mol. The number of hydrogen-bond acceptors (Lipinski definition) is 5. The van der Waals surface area contributed by atoms with Crippen molar-refractivity contribution in [3.05, 3.63) is 71.1 Å². The minimum atomic E-state index is -0.290. The Morgan fingerprint density at radius 2 is 2.04 bits per heavy atom. The van der Waals surface area contributed by atoms with Crippen molar-refractivity contribution < 1.29 is 4.39 Å². The normalized spacial score (nSPS) is 16.4. The van der Waals surface area contributed by atoms with E-state index in [-0.39, 0.29) is 17.7 Å². The molecule has 130 valence electrons. The molecule has 0 spiro atoms. The van der Waals surface area contributed by atoms with Crippen molar-refractivity contribution in [3.8, 4) is 11.1 Å². The van der Waals surface area contributed by atoms with Gasteiger partial charge in [-0.3, -0.25) is 4.98 Å². The lowest BCUT2D eigenvalue weighted by Gasteiger charge is -2.27. The topological polar surface area (TPSA) is 88.5 Å². The van der Waals surface area contributed by atoms with Crippen LogP contribution in [-0.2, 0) is 6.42 Å². The molecule has 2 heterocycles. The quantitative estimate of drug-likeness (QED) is 0.740. The lowest BCUT2D eigenvalue weighted by molar-refractivity contribution is 0.623. The minimum absolute atomic E-state index is 0.0273. The maximum absolute atomic E-state index is 13.9. The number of rotatable bonds is 2. The molecule has 0 fully saturated rings. The number of halogens is 1. The van der Waals surface area contributed by atoms with Crippen molar-refractivity contribution in [2.45, 2.75) is 25.7 Å². The molecule has 0 saturated heterocycles. The molecule has 0 saturated carbocycles. The predicted molar refractivity (Wildman–Crippen MR) is 98.7 cm³/mol. The average molecular weight is 347 g/mol. The van der Waals surface area contributed by atoms with Crippen LogP contribution in [-0.4, -0.2) is 20.7 Å². The predicted octanol–water partition coefficient (Wildman–Crippen LogP) is 3.67. The molecule has 26 heavy (non-hydrogen) atoms. The van der Waals surface area contributed by atoms with Crippen LogP contribution >= 0.6 is 0 Å². The number of nitrogen functional groups attached to an aromatic ring is 1. The first-order valence-corrected chi connectivity index (χ1v) is 8.43. The zero-order valence-corrected chi connectivity index (χ0v) is 14.3. The van der Waals surface area contributed by atoms with E-state index in [1.807, 2.05) is 19.1 Å². The summed E-state index contributed by atoms with van der Waals surface area (Å²) in [5.74, 6) is -0.0397. The Bertz CT molecular complexity index is 1000. The fraction of sp³-hybridized carbons (Fsp3) is 0.200. The molecule has 3 aromatic rings. The Labute approximate surface area is 150 Å². The van der Waals surface area contributed by atoms with Crippen LogP contribution in [0, 0.1) is 18.2 Å². The maximum Gasteiger partial charge on any atom is 0.220 e. The van der Waals surface area contributed by atoms with Crippen LogP contribution in [0.2, 0.25) is 0 Å². The van der Waals surface area contributed by atoms with E-state index in [9.17, 15) is 4.39 Å². The van der Waals surface area contributed by atoms with E-state index in [1.54, 1.807) is 18.5 Å². The van der Waals surface area contributed by atoms with Gasteiger partial charge in [0.05, 0.1) is 11.4 Å². The van der Waals surface area contributed by atoms with Crippen molar-refractivity contribution in [2.24, 2.45) is 0 Å². The molecule has 1 aliphatic rings. The Hall–Kier alpha value is -3.15. The molecule has 4 rings (SSSR count). The molecule has 1 unspecified atom stereocenters. The van der Waals surface area contributed by atoms with E-state index >= 15 is 0 Å². The van der Waals surface area contributed by atoms with Gasteiger partial charge in [-0.05, 0) is 55.0 Å². The minimum Gasteiger partial charge on any atom is -0.368 e. The molecule has 1 aliphatic carbocycles. The van der Waals surface area contributed by atoms with Crippen LogP contribution in [0.15, 0.2) is 42.7 Å². The van der Waals surface area contributed by atoms with Crippen molar-refractivity contribution in [2.75, 3.05) is 5.73 Å². The highest BCUT2D eigenvalue weighted by Crippen LogP contribution is 2.38. The number of nitrogens with two attached hydrogens (primary N) is 1. The van der Waals surface area contributed by atoms with E-state index in [4.69, 9.17) is 11.1 Å². The number of aromatic nitrogens is 3. The number of pyridine rings is 1. The molecule has 1 aromatic carbocycles. The van der Waals surface area contributed by atoms with Gasteiger partial charge in [-0.15, -0.1) is 0 Å². The number of anilines is 1. The summed E-state index contributed by atoms with van der Waals surface area (Å²) in [4.78, 5) is 12.7. The maximum atomic E-state index is 13.9. The lowest BCUT2D eigenvalue weighted by Crippen LogP contribution is -2.23. The SMILES string of the molecule is Cc1nc(N)nc2c1C(=N)CC(c1ccc(F)cc1-c1cccnc1)C2. The molecule has 0 amide bonds. The average Bonchev–Trinajstić information content (AvgIpc) is 2.61. The highest BCUT2D eigenvalue weighted by atomic mass is 19.1. The summed E-state index contributed by atoms with van der Waals surface area (Å²) in [6, 6.07) is 8.55. The molecule has 0 aliphatic heterocycles. The van der Waals surface area contributed by atoms with Crippen LogP contribution in [0.1, 0.15) is 34.9 Å². The molecule has 6 heteroatoms. The van der Waals surface area contributed by atoms with Crippen LogP contribution in [0.3, 0.4) is 0 Å². The smallest absolute Gasteiger partial charge is 0.220 e. The number of aryl methyl sites for hydroxylation is 1. The Kier molecular flexibility index (Phi) is 3.95. The Morgan fingerprint density at radius 3 is 2.81 bits per heavy atom. The number of hydrogen-bond donors (Lipinski definition) is 2. The van der Waals surface area contributed by atoms with E-state index in [0.717, 1.165) is 33.6 Å². The molecule has 5 nitrogen and oxygen atoms in total. The number of benzene rings is 1. The van der Waals surface area contributed by atoms with Crippen molar-refractivity contribution >= 4 is 11.7 Å². The monoisotopic (exact) mass is 347 g/mol. The fourth-order valence-corrected chi connectivity index (χ4v) is 3.73. The third kappa shape index (κ3) is 2.83. The standard InChI is InChI=1S/C20H18FN5/c1-11-19-17(22)7-13(8-18(19)26-20(23)25-11)15-5-4-14(21)9-16(15)12-3-2-6-24-10-12/h2-6,9-10,13,22H,7-8H2,1H3,(H2,23,25,26). The summed E-state index contributed by atoms with van der Waals surface area (Å²) < 4.78 is 13.9. The number of fused-ring (bicyclic) bond motifs is 1. The molecule has 2 aromatic heterocycles. The molecule has 0 bridgehead atoms. The van der Waals surface area contributed by atoms with E-state index < -0.39 is 0 Å². The van der Waals surface area contributed by atoms with Gasteiger partial charge in [0.2, 0.25) is 5.95 Å². The molecular formula is C20H18FN5. The zero-order valence-electron chi connectivity index (χ0n) is 14.3. The van der Waals surface area contributed by atoms with E-state index in [1.165, 1.54) is 12.1 Å². The van der Waals surface area contributed by atoms with Gasteiger partial charge in [-0.25, -0.2) is 14.4 Å². The molecule has 3 N–H and O–H groups in total. The summed E-state index contributed by atoms with van der Waals surface area (Å²) in [5.41, 5.74) is 11.3. The van der Waals surface area contributed by atoms with Gasteiger partial charge < -0.3 is 11.1 Å². The summed E-state index contributed by atoms with van der Waals surface area (Å²) in [5, 5.41) is 8.47.